The summed E-state index contributed by atoms with van der Waals surface area (Å²) in [6, 6.07) is 21.4. The van der Waals surface area contributed by atoms with Crippen LogP contribution in [0.25, 0.3) is 0 Å². The van der Waals surface area contributed by atoms with Crippen LogP contribution in [0.3, 0.4) is 0 Å². The van der Waals surface area contributed by atoms with Gasteiger partial charge in [-0.2, -0.15) is 0 Å². The summed E-state index contributed by atoms with van der Waals surface area (Å²) in [6.45, 7) is 0. The normalized spacial score (nSPS) is 10.8. The summed E-state index contributed by atoms with van der Waals surface area (Å²) in [5.74, 6) is -0.985. The van der Waals surface area contributed by atoms with Crippen LogP contribution in [0.15, 0.2) is 72.8 Å². The third-order valence-electron chi connectivity index (χ3n) is 3.48. The predicted molar refractivity (Wildman–Crippen MR) is 91.6 cm³/mol. The van der Waals surface area contributed by atoms with Gasteiger partial charge in [0.1, 0.15) is 17.4 Å². The minimum Gasteiger partial charge on any atom is -0.497 e. The fourth-order valence-electron chi connectivity index (χ4n) is 2.44. The first-order chi connectivity index (χ1) is 11.2. The zero-order chi connectivity index (χ0) is 16.2. The van der Waals surface area contributed by atoms with Crippen molar-refractivity contribution in [2.24, 2.45) is 0 Å². The Morgan fingerprint density at radius 3 is 1.57 bits per heavy atom. The Bertz CT molecular complexity index is 728. The molecule has 0 aliphatic rings. The Morgan fingerprint density at radius 2 is 1.17 bits per heavy atom. The second kappa shape index (κ2) is 6.89. The molecule has 4 heteroatoms. The molecule has 0 aliphatic carbocycles. The van der Waals surface area contributed by atoms with Crippen molar-refractivity contribution >= 4 is 23.8 Å². The van der Waals surface area contributed by atoms with E-state index in [2.05, 4.69) is 0 Å². The lowest BCUT2D eigenvalue weighted by molar-refractivity contribution is 0.407. The lowest BCUT2D eigenvalue weighted by atomic mass is 10.3. The Hall–Kier alpha value is -2.25. The number of methoxy groups -OCH3 is 1. The maximum Gasteiger partial charge on any atom is 0.138 e. The molecule has 0 bridgehead atoms. The zero-order valence-electron chi connectivity index (χ0n) is 12.5. The van der Waals surface area contributed by atoms with E-state index in [1.165, 1.54) is 19.2 Å². The highest BCUT2D eigenvalue weighted by atomic mass is 31.1. The minimum atomic E-state index is -1.31. The van der Waals surface area contributed by atoms with E-state index in [-0.39, 0.29) is 11.1 Å². The molecular weight excluding hydrogens is 313 g/mol. The number of hydrogen-bond acceptors (Lipinski definition) is 1. The van der Waals surface area contributed by atoms with Crippen LogP contribution in [-0.4, -0.2) is 7.11 Å². The molecule has 0 fully saturated rings. The van der Waals surface area contributed by atoms with E-state index in [1.807, 2.05) is 60.7 Å². The summed E-state index contributed by atoms with van der Waals surface area (Å²) < 4.78 is 34.2. The fraction of sp³-hybridized carbons (Fsp3) is 0.0526. The fourth-order valence-corrected chi connectivity index (χ4v) is 4.75. The van der Waals surface area contributed by atoms with Crippen LogP contribution in [0.4, 0.5) is 8.78 Å². The maximum absolute atomic E-state index is 14.6. The Morgan fingerprint density at radius 1 is 0.739 bits per heavy atom. The first-order valence-electron chi connectivity index (χ1n) is 7.14. The van der Waals surface area contributed by atoms with Gasteiger partial charge in [-0.3, -0.25) is 0 Å². The molecule has 0 aliphatic heterocycles. The van der Waals surface area contributed by atoms with Crippen LogP contribution in [-0.2, 0) is 0 Å². The number of hydrogen-bond donors (Lipinski definition) is 0. The molecule has 0 N–H and O–H groups in total. The van der Waals surface area contributed by atoms with Crippen LogP contribution in [0.1, 0.15) is 0 Å². The summed E-state index contributed by atoms with van der Waals surface area (Å²) >= 11 is 0. The van der Waals surface area contributed by atoms with Crippen LogP contribution in [0.5, 0.6) is 5.75 Å². The van der Waals surface area contributed by atoms with E-state index in [1.54, 1.807) is 0 Å². The highest BCUT2D eigenvalue weighted by Crippen LogP contribution is 2.35. The molecule has 0 radical (unpaired) electrons. The first-order valence-corrected chi connectivity index (χ1v) is 8.48. The third kappa shape index (κ3) is 3.25. The molecule has 0 saturated heterocycles. The highest BCUT2D eigenvalue weighted by Gasteiger charge is 2.24. The molecule has 0 atom stereocenters. The first kappa shape index (κ1) is 15.6. The molecule has 3 aromatic rings. The molecule has 0 amide bonds. The predicted octanol–water partition coefficient (Wildman–Crippen LogP) is 3.73. The van der Waals surface area contributed by atoms with Crippen LogP contribution >= 0.6 is 7.92 Å². The topological polar surface area (TPSA) is 9.23 Å². The quantitative estimate of drug-likeness (QED) is 0.663. The Labute approximate surface area is 135 Å². The third-order valence-corrected chi connectivity index (χ3v) is 5.98. The summed E-state index contributed by atoms with van der Waals surface area (Å²) in [7, 11) is 0.0833. The lowest BCUT2D eigenvalue weighted by Crippen LogP contribution is -2.25. The molecule has 0 aromatic heterocycles. The maximum atomic E-state index is 14.6. The van der Waals surface area contributed by atoms with Crippen molar-refractivity contribution in [1.82, 2.24) is 0 Å². The van der Waals surface area contributed by atoms with Crippen molar-refractivity contribution in [3.05, 3.63) is 84.4 Å². The number of ether oxygens (including phenoxy) is 1. The summed E-state index contributed by atoms with van der Waals surface area (Å²) in [5, 5.41) is 1.89. The standard InChI is InChI=1S/C19H15F2OP/c1-22-14-12-17(20)19(18(21)13-14)23(15-8-4-2-5-9-15)16-10-6-3-7-11-16/h2-13H,1H3. The van der Waals surface area contributed by atoms with Crippen LogP contribution < -0.4 is 20.7 Å². The number of rotatable bonds is 4. The number of halogens is 2. The summed E-state index contributed by atoms with van der Waals surface area (Å²) in [5.41, 5.74) is 0. The molecule has 1 nitrogen and oxygen atoms in total. The molecule has 0 saturated carbocycles. The van der Waals surface area contributed by atoms with Gasteiger partial charge in [0.2, 0.25) is 0 Å². The van der Waals surface area contributed by atoms with Crippen LogP contribution in [0.2, 0.25) is 0 Å². The van der Waals surface area contributed by atoms with Gasteiger partial charge in [-0.05, 0) is 18.5 Å². The van der Waals surface area contributed by atoms with Gasteiger partial charge in [-0.25, -0.2) is 8.78 Å². The summed E-state index contributed by atoms with van der Waals surface area (Å²) in [6.07, 6.45) is 0. The van der Waals surface area contributed by atoms with E-state index in [0.29, 0.717) is 0 Å². The van der Waals surface area contributed by atoms with Crippen LogP contribution in [0, 0.1) is 11.6 Å². The van der Waals surface area contributed by atoms with E-state index in [4.69, 9.17) is 4.74 Å². The molecule has 0 spiro atoms. The molecule has 116 valence electrons. The largest absolute Gasteiger partial charge is 0.497 e. The van der Waals surface area contributed by atoms with Crippen molar-refractivity contribution in [2.45, 2.75) is 0 Å². The average Bonchev–Trinajstić information content (AvgIpc) is 2.59. The Kier molecular flexibility index (Phi) is 4.68. The SMILES string of the molecule is COc1cc(F)c(P(c2ccccc2)c2ccccc2)c(F)c1. The molecular formula is C19H15F2OP. The van der Waals surface area contributed by atoms with Crippen molar-refractivity contribution in [3.8, 4) is 5.75 Å². The average molecular weight is 328 g/mol. The monoisotopic (exact) mass is 328 g/mol. The summed E-state index contributed by atoms with van der Waals surface area (Å²) in [4.78, 5) is 0. The number of benzene rings is 3. The smallest absolute Gasteiger partial charge is 0.138 e. The van der Waals surface area contributed by atoms with Gasteiger partial charge in [0.15, 0.2) is 0 Å². The van der Waals surface area contributed by atoms with Crippen molar-refractivity contribution in [2.75, 3.05) is 7.11 Å². The van der Waals surface area contributed by atoms with Gasteiger partial charge in [0.25, 0.3) is 0 Å². The molecule has 3 aromatic carbocycles. The van der Waals surface area contributed by atoms with Gasteiger partial charge in [0.05, 0.1) is 12.4 Å². The second-order valence-electron chi connectivity index (χ2n) is 4.95. The molecule has 0 heterocycles. The van der Waals surface area contributed by atoms with Crippen molar-refractivity contribution < 1.29 is 13.5 Å². The molecule has 3 rings (SSSR count). The van der Waals surface area contributed by atoms with Crippen molar-refractivity contribution in [1.29, 1.82) is 0 Å². The zero-order valence-corrected chi connectivity index (χ0v) is 13.4. The van der Waals surface area contributed by atoms with Gasteiger partial charge >= 0.3 is 0 Å². The van der Waals surface area contributed by atoms with E-state index >= 15 is 0 Å². The molecule has 23 heavy (non-hydrogen) atoms. The van der Waals surface area contributed by atoms with E-state index < -0.39 is 19.6 Å². The van der Waals surface area contributed by atoms with Gasteiger partial charge in [-0.1, -0.05) is 60.7 Å². The molecule has 0 unspecified atom stereocenters. The van der Waals surface area contributed by atoms with E-state index in [9.17, 15) is 8.78 Å². The van der Waals surface area contributed by atoms with E-state index in [0.717, 1.165) is 10.6 Å². The van der Waals surface area contributed by atoms with Gasteiger partial charge < -0.3 is 4.74 Å². The van der Waals surface area contributed by atoms with Gasteiger partial charge in [0, 0.05) is 12.1 Å². The highest BCUT2D eigenvalue weighted by molar-refractivity contribution is 7.79. The van der Waals surface area contributed by atoms with Gasteiger partial charge in [-0.15, -0.1) is 0 Å². The van der Waals surface area contributed by atoms with Crippen molar-refractivity contribution in [3.63, 3.8) is 0 Å². The minimum absolute atomic E-state index is 0.0956. The second-order valence-corrected chi connectivity index (χ2v) is 7.10. The Balaban J connectivity index is 2.21. The lowest BCUT2D eigenvalue weighted by Gasteiger charge is -2.20.